The second-order valence-corrected chi connectivity index (χ2v) is 1.63. The van der Waals surface area contributed by atoms with E-state index in [4.69, 9.17) is 0 Å². The minimum Gasteiger partial charge on any atom is -0.349 e. The molecule has 8 heavy (non-hydrogen) atoms. The maximum atomic E-state index is 4.06. The third-order valence-corrected chi connectivity index (χ3v) is 0.834. The van der Waals surface area contributed by atoms with Gasteiger partial charge in [-0.2, -0.15) is 0 Å². The predicted octanol–water partition coefficient (Wildman–Crippen LogP) is 1.18. The Bertz CT molecular complexity index is 143. The zero-order chi connectivity index (χ0) is 5.28. The lowest BCUT2D eigenvalue weighted by Gasteiger charge is -1.71. The Hall–Kier alpha value is -0.860. The van der Waals surface area contributed by atoms with Gasteiger partial charge < -0.3 is 4.98 Å². The number of hydrogen-bond acceptors (Lipinski definition) is 1. The highest BCUT2D eigenvalue weighted by molar-refractivity contribution is 4.95. The molecule has 0 atom stereocenters. The molecule has 1 rings (SSSR count). The lowest BCUT2D eigenvalue weighted by atomic mass is 10.6. The van der Waals surface area contributed by atoms with Gasteiger partial charge in [0.2, 0.25) is 0 Å². The monoisotopic (exact) mass is 116 g/mol. The number of nitrogens with zero attached hydrogens (tertiary/aromatic N) is 1. The zero-order valence-corrected chi connectivity index (χ0v) is 4.93. The normalized spacial score (nSPS) is 8.25. The molecule has 0 aliphatic carbocycles. The summed E-state index contributed by atoms with van der Waals surface area (Å²) in [5, 5.41) is 0. The molecule has 0 unspecified atom stereocenters. The van der Waals surface area contributed by atoms with Crippen molar-refractivity contribution in [3.63, 3.8) is 0 Å². The van der Waals surface area contributed by atoms with Crippen molar-refractivity contribution in [2.24, 2.45) is 0 Å². The molecule has 1 aromatic rings. The van der Waals surface area contributed by atoms with Crippen molar-refractivity contribution < 1.29 is 4.70 Å². The molecule has 0 fully saturated rings. The zero-order valence-electron chi connectivity index (χ0n) is 4.93. The molecule has 0 aliphatic rings. The van der Waals surface area contributed by atoms with Crippen LogP contribution in [0.3, 0.4) is 0 Å². The summed E-state index contributed by atoms with van der Waals surface area (Å²) in [5.74, 6) is 0.984. The smallest absolute Gasteiger partial charge is 0.103 e. The molecule has 0 bridgehead atoms. The molecule has 1 aromatic heterocycles. The number of aryl methyl sites for hydroxylation is 2. The van der Waals surface area contributed by atoms with Crippen LogP contribution < -0.4 is 0 Å². The highest BCUT2D eigenvalue weighted by Gasteiger charge is 1.84. The number of rotatable bonds is 0. The lowest BCUT2D eigenvalue weighted by Crippen LogP contribution is -1.70. The summed E-state index contributed by atoms with van der Waals surface area (Å²) in [7, 11) is 0. The van der Waals surface area contributed by atoms with Gasteiger partial charge in [-0.25, -0.2) is 4.98 Å². The number of H-pyrrole nitrogens is 1. The number of aromatic nitrogens is 2. The summed E-state index contributed by atoms with van der Waals surface area (Å²) in [6.45, 7) is 3.90. The van der Waals surface area contributed by atoms with Crippen LogP contribution in [0.4, 0.5) is 4.70 Å². The van der Waals surface area contributed by atoms with E-state index in [1.54, 1.807) is 0 Å². The van der Waals surface area contributed by atoms with E-state index in [1.165, 1.54) is 0 Å². The Morgan fingerprint density at radius 1 is 1.50 bits per heavy atom. The second kappa shape index (κ2) is 2.45. The Kier molecular flexibility index (Phi) is 2.19. The molecule has 0 saturated heterocycles. The van der Waals surface area contributed by atoms with E-state index in [0.717, 1.165) is 11.5 Å². The van der Waals surface area contributed by atoms with Gasteiger partial charge in [0, 0.05) is 6.20 Å². The summed E-state index contributed by atoms with van der Waals surface area (Å²) in [4.78, 5) is 7.01. The van der Waals surface area contributed by atoms with E-state index in [-0.39, 0.29) is 4.70 Å². The number of nitrogens with one attached hydrogen (secondary N) is 1. The van der Waals surface area contributed by atoms with Crippen LogP contribution in [0.1, 0.15) is 11.5 Å². The Morgan fingerprint density at radius 2 is 2.12 bits per heavy atom. The number of aromatic amines is 1. The van der Waals surface area contributed by atoms with Crippen molar-refractivity contribution in [1.29, 1.82) is 0 Å². The van der Waals surface area contributed by atoms with Crippen LogP contribution in [-0.4, -0.2) is 9.97 Å². The van der Waals surface area contributed by atoms with Gasteiger partial charge in [0.1, 0.15) is 5.82 Å². The van der Waals surface area contributed by atoms with Crippen LogP contribution >= 0.6 is 0 Å². The summed E-state index contributed by atoms with van der Waals surface area (Å²) in [6.07, 6.45) is 1.88. The molecule has 0 amide bonds. The molecule has 2 nitrogen and oxygen atoms in total. The molecule has 3 heteroatoms. The molecule has 0 aliphatic heterocycles. The molecule has 0 aromatic carbocycles. The molecule has 0 saturated carbocycles. The Labute approximate surface area is 47.3 Å². The second-order valence-electron chi connectivity index (χ2n) is 1.63. The fourth-order valence-electron chi connectivity index (χ4n) is 0.538. The van der Waals surface area contributed by atoms with Crippen molar-refractivity contribution in [3.8, 4) is 0 Å². The van der Waals surface area contributed by atoms with Gasteiger partial charge in [-0.15, -0.1) is 0 Å². The first-order chi connectivity index (χ1) is 3.29. The first-order valence-corrected chi connectivity index (χ1v) is 2.27. The maximum Gasteiger partial charge on any atom is 0.103 e. The Morgan fingerprint density at radius 3 is 2.25 bits per heavy atom. The molecule has 0 radical (unpaired) electrons. The SMILES string of the molecule is Cc1c[nH]c(C)n1.F. The van der Waals surface area contributed by atoms with Gasteiger partial charge in [-0.05, 0) is 13.8 Å². The van der Waals surface area contributed by atoms with Gasteiger partial charge in [-0.1, -0.05) is 0 Å². The molecule has 0 spiro atoms. The van der Waals surface area contributed by atoms with Gasteiger partial charge in [0.15, 0.2) is 0 Å². The van der Waals surface area contributed by atoms with Gasteiger partial charge in [0.25, 0.3) is 0 Å². The average molecular weight is 116 g/mol. The summed E-state index contributed by atoms with van der Waals surface area (Å²) < 4.78 is 0. The van der Waals surface area contributed by atoms with E-state index < -0.39 is 0 Å². The third kappa shape index (κ3) is 1.33. The number of halogens is 1. The van der Waals surface area contributed by atoms with E-state index in [0.29, 0.717) is 0 Å². The van der Waals surface area contributed by atoms with Crippen LogP contribution in [0.15, 0.2) is 6.20 Å². The van der Waals surface area contributed by atoms with Crippen molar-refractivity contribution in [1.82, 2.24) is 9.97 Å². The minimum atomic E-state index is 0. The quantitative estimate of drug-likeness (QED) is 0.541. The molecule has 1 heterocycles. The van der Waals surface area contributed by atoms with Crippen LogP contribution in [0.2, 0.25) is 0 Å². The van der Waals surface area contributed by atoms with Crippen molar-refractivity contribution >= 4 is 0 Å². The van der Waals surface area contributed by atoms with E-state index >= 15 is 0 Å². The molecule has 1 N–H and O–H groups in total. The topological polar surface area (TPSA) is 28.7 Å². The van der Waals surface area contributed by atoms with Crippen LogP contribution in [-0.2, 0) is 0 Å². The fraction of sp³-hybridized carbons (Fsp3) is 0.400. The van der Waals surface area contributed by atoms with Gasteiger partial charge in [0.05, 0.1) is 5.69 Å². The average Bonchev–Trinajstić information content (AvgIpc) is 1.87. The van der Waals surface area contributed by atoms with Crippen LogP contribution in [0, 0.1) is 13.8 Å². The van der Waals surface area contributed by atoms with Crippen LogP contribution in [0.5, 0.6) is 0 Å². The highest BCUT2D eigenvalue weighted by Crippen LogP contribution is 1.89. The number of hydrogen-bond donors (Lipinski definition) is 1. The molecular weight excluding hydrogens is 107 g/mol. The van der Waals surface area contributed by atoms with Gasteiger partial charge in [-0.3, -0.25) is 4.70 Å². The number of imidazole rings is 1. The molecule has 46 valence electrons. The van der Waals surface area contributed by atoms with Crippen molar-refractivity contribution in [3.05, 3.63) is 17.7 Å². The fourth-order valence-corrected chi connectivity index (χ4v) is 0.538. The van der Waals surface area contributed by atoms with E-state index in [9.17, 15) is 0 Å². The summed E-state index contributed by atoms with van der Waals surface area (Å²) >= 11 is 0. The van der Waals surface area contributed by atoms with E-state index in [2.05, 4.69) is 9.97 Å². The van der Waals surface area contributed by atoms with E-state index in [1.807, 2.05) is 20.0 Å². The predicted molar refractivity (Wildman–Crippen MR) is 30.6 cm³/mol. The summed E-state index contributed by atoms with van der Waals surface area (Å²) in [5.41, 5.74) is 1.05. The van der Waals surface area contributed by atoms with Crippen LogP contribution in [0.25, 0.3) is 0 Å². The Balaban J connectivity index is 0.000000490. The highest BCUT2D eigenvalue weighted by atomic mass is 19.0. The molecular formula is C5H9FN2. The van der Waals surface area contributed by atoms with Crippen molar-refractivity contribution in [2.75, 3.05) is 0 Å². The van der Waals surface area contributed by atoms with Gasteiger partial charge >= 0.3 is 0 Å². The minimum absolute atomic E-state index is 0. The maximum absolute atomic E-state index is 4.06. The largest absolute Gasteiger partial charge is 0.349 e. The standard InChI is InChI=1S/C5H8N2.FH/c1-4-3-6-5(2)7-4;/h3H,1-2H3,(H,6,7);1H. The van der Waals surface area contributed by atoms with Crippen molar-refractivity contribution in [2.45, 2.75) is 13.8 Å². The lowest BCUT2D eigenvalue weighted by molar-refractivity contribution is 1.11. The first kappa shape index (κ1) is 7.14. The third-order valence-electron chi connectivity index (χ3n) is 0.834. The summed E-state index contributed by atoms with van der Waals surface area (Å²) in [6, 6.07) is 0. The first-order valence-electron chi connectivity index (χ1n) is 2.27.